The molecule has 0 unspecified atom stereocenters. The van der Waals surface area contributed by atoms with Crippen LogP contribution in [0.25, 0.3) is 0 Å². The van der Waals surface area contributed by atoms with Gasteiger partial charge in [0, 0.05) is 31.7 Å². The standard InChI is InChI=1S/C17H23F3N2O.ClH/c1-16(2,3)14-6-4-13(5-7-14)15(23)22-10-8-21(9-11-22)12-17(18,19)20;/h4-7H,8-12H2,1-3H3;1H. The van der Waals surface area contributed by atoms with Crippen molar-refractivity contribution in [3.63, 3.8) is 0 Å². The predicted octanol–water partition coefficient (Wildman–Crippen LogP) is 3.73. The minimum absolute atomic E-state index is 0. The van der Waals surface area contributed by atoms with E-state index in [1.165, 1.54) is 4.90 Å². The second kappa shape index (κ2) is 7.74. The second-order valence-electron chi connectivity index (χ2n) is 7.01. The quantitative estimate of drug-likeness (QED) is 0.798. The molecule has 2 rings (SSSR count). The maximum atomic E-state index is 12.4. The maximum Gasteiger partial charge on any atom is 0.401 e. The molecule has 1 aliphatic rings. The Morgan fingerprint density at radius 2 is 1.50 bits per heavy atom. The maximum absolute atomic E-state index is 12.4. The topological polar surface area (TPSA) is 23.6 Å². The molecule has 0 saturated carbocycles. The summed E-state index contributed by atoms with van der Waals surface area (Å²) in [4.78, 5) is 15.4. The van der Waals surface area contributed by atoms with Gasteiger partial charge in [0.1, 0.15) is 0 Å². The summed E-state index contributed by atoms with van der Waals surface area (Å²) in [6, 6.07) is 7.47. The monoisotopic (exact) mass is 364 g/mol. The van der Waals surface area contributed by atoms with Crippen molar-refractivity contribution < 1.29 is 18.0 Å². The lowest BCUT2D eigenvalue weighted by atomic mass is 9.86. The van der Waals surface area contributed by atoms with Gasteiger partial charge < -0.3 is 4.90 Å². The number of rotatable bonds is 2. The SMILES string of the molecule is CC(C)(C)c1ccc(C(=O)N2CCN(CC(F)(F)F)CC2)cc1.Cl. The smallest absolute Gasteiger partial charge is 0.336 e. The van der Waals surface area contributed by atoms with Gasteiger partial charge in [0.05, 0.1) is 6.54 Å². The third kappa shape index (κ3) is 5.67. The van der Waals surface area contributed by atoms with Crippen LogP contribution in [0.1, 0.15) is 36.7 Å². The molecule has 7 heteroatoms. The zero-order chi connectivity index (χ0) is 17.3. The van der Waals surface area contributed by atoms with Crippen LogP contribution < -0.4 is 0 Å². The van der Waals surface area contributed by atoms with Gasteiger partial charge in [-0.25, -0.2) is 0 Å². The van der Waals surface area contributed by atoms with Crippen LogP contribution in [0.15, 0.2) is 24.3 Å². The van der Waals surface area contributed by atoms with Crippen molar-refractivity contribution in [2.24, 2.45) is 0 Å². The summed E-state index contributed by atoms with van der Waals surface area (Å²) in [7, 11) is 0. The molecule has 136 valence electrons. The molecule has 0 N–H and O–H groups in total. The minimum Gasteiger partial charge on any atom is -0.336 e. The molecule has 1 saturated heterocycles. The van der Waals surface area contributed by atoms with Crippen LogP contribution in [0, 0.1) is 0 Å². The third-order valence-corrected chi connectivity index (χ3v) is 4.06. The molecule has 0 bridgehead atoms. The fourth-order valence-corrected chi connectivity index (χ4v) is 2.66. The molecule has 1 amide bonds. The van der Waals surface area contributed by atoms with Crippen LogP contribution in [-0.4, -0.2) is 54.6 Å². The van der Waals surface area contributed by atoms with Gasteiger partial charge in [0.2, 0.25) is 0 Å². The van der Waals surface area contributed by atoms with Gasteiger partial charge in [-0.2, -0.15) is 13.2 Å². The number of carbonyl (C=O) groups excluding carboxylic acids is 1. The number of benzene rings is 1. The van der Waals surface area contributed by atoms with Crippen molar-refractivity contribution in [2.75, 3.05) is 32.7 Å². The lowest BCUT2D eigenvalue weighted by Crippen LogP contribution is -2.50. The molecule has 1 aliphatic heterocycles. The molecular weight excluding hydrogens is 341 g/mol. The number of amides is 1. The molecule has 1 heterocycles. The Labute approximate surface area is 147 Å². The first kappa shape index (κ1) is 20.8. The molecule has 1 aromatic carbocycles. The first-order valence-electron chi connectivity index (χ1n) is 7.75. The molecule has 0 aliphatic carbocycles. The highest BCUT2D eigenvalue weighted by atomic mass is 35.5. The van der Waals surface area contributed by atoms with Crippen molar-refractivity contribution in [2.45, 2.75) is 32.4 Å². The van der Waals surface area contributed by atoms with Gasteiger partial charge in [0.25, 0.3) is 5.91 Å². The number of piperazine rings is 1. The summed E-state index contributed by atoms with van der Waals surface area (Å²) in [5.41, 5.74) is 1.75. The van der Waals surface area contributed by atoms with Crippen molar-refractivity contribution >= 4 is 18.3 Å². The molecule has 0 atom stereocenters. The van der Waals surface area contributed by atoms with Gasteiger partial charge in [-0.15, -0.1) is 12.4 Å². The van der Waals surface area contributed by atoms with E-state index in [-0.39, 0.29) is 36.8 Å². The summed E-state index contributed by atoms with van der Waals surface area (Å²) in [6.07, 6.45) is -4.19. The van der Waals surface area contributed by atoms with Gasteiger partial charge in [0.15, 0.2) is 0 Å². The van der Waals surface area contributed by atoms with Crippen molar-refractivity contribution in [3.05, 3.63) is 35.4 Å². The molecule has 1 fully saturated rings. The van der Waals surface area contributed by atoms with Crippen LogP contribution in [0.2, 0.25) is 0 Å². The summed E-state index contributed by atoms with van der Waals surface area (Å²) >= 11 is 0. The second-order valence-corrected chi connectivity index (χ2v) is 7.01. The van der Waals surface area contributed by atoms with Crippen molar-refractivity contribution in [1.29, 1.82) is 0 Å². The number of nitrogens with zero attached hydrogens (tertiary/aromatic N) is 2. The van der Waals surface area contributed by atoms with Crippen LogP contribution in [0.4, 0.5) is 13.2 Å². The zero-order valence-electron chi connectivity index (χ0n) is 14.2. The number of halogens is 4. The molecule has 1 aromatic rings. The number of carbonyl (C=O) groups is 1. The Morgan fingerprint density at radius 3 is 1.92 bits per heavy atom. The molecule has 3 nitrogen and oxygen atoms in total. The minimum atomic E-state index is -4.19. The van der Waals surface area contributed by atoms with Gasteiger partial charge in [-0.05, 0) is 23.1 Å². The van der Waals surface area contributed by atoms with E-state index in [2.05, 4.69) is 20.8 Å². The van der Waals surface area contributed by atoms with E-state index < -0.39 is 12.7 Å². The Hall–Kier alpha value is -1.27. The molecular formula is C17H24ClF3N2O. The summed E-state index contributed by atoms with van der Waals surface area (Å²) in [5.74, 6) is -0.114. The van der Waals surface area contributed by atoms with Crippen molar-refractivity contribution in [3.8, 4) is 0 Å². The third-order valence-electron chi connectivity index (χ3n) is 4.06. The Morgan fingerprint density at radius 1 is 1.00 bits per heavy atom. The molecule has 24 heavy (non-hydrogen) atoms. The van der Waals surface area contributed by atoms with Gasteiger partial charge >= 0.3 is 6.18 Å². The Kier molecular flexibility index (Phi) is 6.70. The Balaban J connectivity index is 0.00000288. The van der Waals surface area contributed by atoms with Crippen LogP contribution in [0.5, 0.6) is 0 Å². The van der Waals surface area contributed by atoms with Crippen LogP contribution >= 0.6 is 12.4 Å². The van der Waals surface area contributed by atoms with E-state index in [1.54, 1.807) is 17.0 Å². The number of alkyl halides is 3. The zero-order valence-corrected chi connectivity index (χ0v) is 15.0. The highest BCUT2D eigenvalue weighted by Crippen LogP contribution is 2.23. The summed E-state index contributed by atoms with van der Waals surface area (Å²) in [5, 5.41) is 0. The largest absolute Gasteiger partial charge is 0.401 e. The summed E-state index contributed by atoms with van der Waals surface area (Å²) < 4.78 is 37.1. The number of hydrogen-bond donors (Lipinski definition) is 0. The van der Waals surface area contributed by atoms with E-state index >= 15 is 0 Å². The fraction of sp³-hybridized carbons (Fsp3) is 0.588. The fourth-order valence-electron chi connectivity index (χ4n) is 2.66. The van der Waals surface area contributed by atoms with E-state index in [1.807, 2.05) is 12.1 Å². The first-order chi connectivity index (χ1) is 10.6. The van der Waals surface area contributed by atoms with E-state index in [0.717, 1.165) is 5.56 Å². The Bertz CT molecular complexity index is 544. The average Bonchev–Trinajstić information content (AvgIpc) is 2.45. The normalized spacial score (nSPS) is 16.7. The van der Waals surface area contributed by atoms with Crippen LogP contribution in [0.3, 0.4) is 0 Å². The van der Waals surface area contributed by atoms with E-state index in [0.29, 0.717) is 18.7 Å². The molecule has 0 radical (unpaired) electrons. The number of hydrogen-bond acceptors (Lipinski definition) is 2. The first-order valence-corrected chi connectivity index (χ1v) is 7.75. The van der Waals surface area contributed by atoms with Gasteiger partial charge in [-0.3, -0.25) is 9.69 Å². The highest BCUT2D eigenvalue weighted by molar-refractivity contribution is 5.94. The van der Waals surface area contributed by atoms with Crippen molar-refractivity contribution in [1.82, 2.24) is 9.80 Å². The lowest BCUT2D eigenvalue weighted by Gasteiger charge is -2.35. The van der Waals surface area contributed by atoms with E-state index in [9.17, 15) is 18.0 Å². The summed E-state index contributed by atoms with van der Waals surface area (Å²) in [6.45, 7) is 6.56. The van der Waals surface area contributed by atoms with Crippen LogP contribution in [-0.2, 0) is 5.41 Å². The molecule has 0 aromatic heterocycles. The molecule has 0 spiro atoms. The predicted molar refractivity (Wildman–Crippen MR) is 90.8 cm³/mol. The van der Waals surface area contributed by atoms with E-state index in [4.69, 9.17) is 0 Å². The lowest BCUT2D eigenvalue weighted by molar-refractivity contribution is -0.148. The average molecular weight is 365 g/mol. The highest BCUT2D eigenvalue weighted by Gasteiger charge is 2.33. The van der Waals surface area contributed by atoms with Gasteiger partial charge in [-0.1, -0.05) is 32.9 Å².